The molecule has 21 heavy (non-hydrogen) atoms. The summed E-state index contributed by atoms with van der Waals surface area (Å²) in [7, 11) is 2.12. The Morgan fingerprint density at radius 3 is 2.14 bits per heavy atom. The molecule has 0 unspecified atom stereocenters. The Morgan fingerprint density at radius 2 is 1.71 bits per heavy atom. The SMILES string of the molecule is C=CCNC1(C(=O)OCC=C)CC(C)(C)N(C)C(C)(C)C1. The number of esters is 1. The van der Waals surface area contributed by atoms with Crippen LogP contribution < -0.4 is 5.32 Å². The molecule has 0 aromatic carbocycles. The highest BCUT2D eigenvalue weighted by molar-refractivity contribution is 5.81. The fourth-order valence-corrected chi connectivity index (χ4v) is 3.48. The molecule has 0 saturated carbocycles. The van der Waals surface area contributed by atoms with E-state index in [1.54, 1.807) is 12.2 Å². The second-order valence-corrected chi connectivity index (χ2v) is 7.18. The van der Waals surface area contributed by atoms with Crippen molar-refractivity contribution in [2.75, 3.05) is 20.2 Å². The molecule has 0 bridgehead atoms. The smallest absolute Gasteiger partial charge is 0.326 e. The first-order valence-corrected chi connectivity index (χ1v) is 7.49. The number of piperidine rings is 1. The highest BCUT2D eigenvalue weighted by atomic mass is 16.5. The molecular formula is C17H30N2O2. The van der Waals surface area contributed by atoms with Gasteiger partial charge in [-0.15, -0.1) is 6.58 Å². The Bertz CT molecular complexity index is 395. The van der Waals surface area contributed by atoms with Crippen LogP contribution in [0.4, 0.5) is 0 Å². The van der Waals surface area contributed by atoms with E-state index in [2.05, 4.69) is 58.1 Å². The summed E-state index contributed by atoms with van der Waals surface area (Å²) in [5, 5.41) is 3.37. The average molecular weight is 294 g/mol. The van der Waals surface area contributed by atoms with E-state index in [0.29, 0.717) is 19.4 Å². The van der Waals surface area contributed by atoms with Crippen LogP contribution >= 0.6 is 0 Å². The molecule has 1 aliphatic heterocycles. The van der Waals surface area contributed by atoms with Crippen LogP contribution in [-0.2, 0) is 9.53 Å². The van der Waals surface area contributed by atoms with E-state index in [-0.39, 0.29) is 23.7 Å². The minimum absolute atomic E-state index is 0.108. The molecular weight excluding hydrogens is 264 g/mol. The van der Waals surface area contributed by atoms with Crippen LogP contribution in [0.2, 0.25) is 0 Å². The number of hydrogen-bond acceptors (Lipinski definition) is 4. The molecule has 1 aliphatic rings. The number of rotatable bonds is 6. The third-order valence-corrected chi connectivity index (χ3v) is 4.59. The van der Waals surface area contributed by atoms with Gasteiger partial charge in [0.05, 0.1) is 0 Å². The van der Waals surface area contributed by atoms with Crippen molar-refractivity contribution >= 4 is 5.97 Å². The summed E-state index contributed by atoms with van der Waals surface area (Å²) in [6, 6.07) is 0. The van der Waals surface area contributed by atoms with Crippen molar-refractivity contribution in [2.24, 2.45) is 0 Å². The van der Waals surface area contributed by atoms with Gasteiger partial charge in [-0.05, 0) is 47.6 Å². The Hall–Kier alpha value is -1.13. The highest BCUT2D eigenvalue weighted by Crippen LogP contribution is 2.43. The standard InChI is InChI=1S/C17H30N2O2/c1-8-10-18-17(14(20)21-11-9-2)12-15(3,4)19(7)16(5,6)13-17/h8-9,18H,1-2,10-13H2,3-7H3. The summed E-state index contributed by atoms with van der Waals surface area (Å²) >= 11 is 0. The lowest BCUT2D eigenvalue weighted by Crippen LogP contribution is -2.70. The summed E-state index contributed by atoms with van der Waals surface area (Å²) in [6.07, 6.45) is 4.78. The van der Waals surface area contributed by atoms with Crippen molar-refractivity contribution in [3.05, 3.63) is 25.3 Å². The van der Waals surface area contributed by atoms with Crippen LogP contribution in [0.1, 0.15) is 40.5 Å². The Morgan fingerprint density at radius 1 is 1.19 bits per heavy atom. The summed E-state index contributed by atoms with van der Waals surface area (Å²) in [5.74, 6) is -0.196. The normalized spacial score (nSPS) is 23.3. The Balaban J connectivity index is 3.14. The van der Waals surface area contributed by atoms with Crippen LogP contribution in [-0.4, -0.2) is 47.7 Å². The van der Waals surface area contributed by atoms with Crippen molar-refractivity contribution in [2.45, 2.75) is 57.2 Å². The fourth-order valence-electron chi connectivity index (χ4n) is 3.48. The van der Waals surface area contributed by atoms with Crippen LogP contribution in [0.15, 0.2) is 25.3 Å². The van der Waals surface area contributed by atoms with Gasteiger partial charge in [0.2, 0.25) is 0 Å². The minimum atomic E-state index is -0.684. The maximum absolute atomic E-state index is 12.7. The van der Waals surface area contributed by atoms with Gasteiger partial charge in [0, 0.05) is 17.6 Å². The van der Waals surface area contributed by atoms with Crippen LogP contribution in [0.5, 0.6) is 0 Å². The van der Waals surface area contributed by atoms with E-state index in [0.717, 1.165) is 0 Å². The predicted molar refractivity (Wildman–Crippen MR) is 87.2 cm³/mol. The summed E-state index contributed by atoms with van der Waals surface area (Å²) in [4.78, 5) is 15.0. The van der Waals surface area contributed by atoms with E-state index in [1.807, 2.05) is 0 Å². The zero-order valence-corrected chi connectivity index (χ0v) is 14.2. The van der Waals surface area contributed by atoms with Gasteiger partial charge in [0.15, 0.2) is 0 Å². The molecule has 4 nitrogen and oxygen atoms in total. The molecule has 0 aromatic rings. The lowest BCUT2D eigenvalue weighted by atomic mass is 9.69. The van der Waals surface area contributed by atoms with Crippen LogP contribution in [0.25, 0.3) is 0 Å². The molecule has 1 heterocycles. The Labute approximate surface area is 129 Å². The van der Waals surface area contributed by atoms with E-state index in [9.17, 15) is 4.79 Å². The number of ether oxygens (including phenoxy) is 1. The van der Waals surface area contributed by atoms with Gasteiger partial charge in [-0.25, -0.2) is 0 Å². The number of nitrogens with zero attached hydrogens (tertiary/aromatic N) is 1. The monoisotopic (exact) mass is 294 g/mol. The first kappa shape index (κ1) is 17.9. The van der Waals surface area contributed by atoms with Crippen molar-refractivity contribution in [1.82, 2.24) is 10.2 Å². The summed E-state index contributed by atoms with van der Waals surface area (Å²) in [6.45, 7) is 16.8. The average Bonchev–Trinajstić information content (AvgIpc) is 2.39. The number of carbonyl (C=O) groups excluding carboxylic acids is 1. The molecule has 120 valence electrons. The van der Waals surface area contributed by atoms with Crippen LogP contribution in [0.3, 0.4) is 0 Å². The predicted octanol–water partition coefficient (Wildman–Crippen LogP) is 2.51. The van der Waals surface area contributed by atoms with Crippen molar-refractivity contribution in [1.29, 1.82) is 0 Å². The maximum atomic E-state index is 12.7. The lowest BCUT2D eigenvalue weighted by molar-refractivity contribution is -0.160. The Kier molecular flexibility index (Phi) is 5.40. The molecule has 0 atom stereocenters. The van der Waals surface area contributed by atoms with Gasteiger partial charge in [0.25, 0.3) is 0 Å². The molecule has 1 rings (SSSR count). The summed E-state index contributed by atoms with van der Waals surface area (Å²) in [5.41, 5.74) is -0.900. The molecule has 0 amide bonds. The molecule has 0 radical (unpaired) electrons. The van der Waals surface area contributed by atoms with E-state index < -0.39 is 5.54 Å². The van der Waals surface area contributed by atoms with E-state index >= 15 is 0 Å². The number of hydrogen-bond donors (Lipinski definition) is 1. The first-order valence-electron chi connectivity index (χ1n) is 7.49. The van der Waals surface area contributed by atoms with Gasteiger partial charge < -0.3 is 4.74 Å². The second-order valence-electron chi connectivity index (χ2n) is 7.18. The third kappa shape index (κ3) is 3.74. The topological polar surface area (TPSA) is 41.6 Å². The van der Waals surface area contributed by atoms with Gasteiger partial charge >= 0.3 is 5.97 Å². The van der Waals surface area contributed by atoms with Gasteiger partial charge in [-0.1, -0.05) is 18.7 Å². The third-order valence-electron chi connectivity index (χ3n) is 4.59. The second kappa shape index (κ2) is 6.32. The quantitative estimate of drug-likeness (QED) is 0.604. The maximum Gasteiger partial charge on any atom is 0.326 e. The number of likely N-dealkylation sites (tertiary alicyclic amines) is 1. The molecule has 0 spiro atoms. The van der Waals surface area contributed by atoms with E-state index in [4.69, 9.17) is 4.74 Å². The van der Waals surface area contributed by atoms with Gasteiger partial charge in [-0.3, -0.25) is 15.0 Å². The van der Waals surface area contributed by atoms with Crippen molar-refractivity contribution in [3.8, 4) is 0 Å². The molecule has 1 fully saturated rings. The van der Waals surface area contributed by atoms with Gasteiger partial charge in [0.1, 0.15) is 12.1 Å². The molecule has 1 saturated heterocycles. The number of carbonyl (C=O) groups is 1. The molecule has 0 aromatic heterocycles. The fraction of sp³-hybridized carbons (Fsp3) is 0.706. The first-order chi connectivity index (χ1) is 9.61. The van der Waals surface area contributed by atoms with Gasteiger partial charge in [-0.2, -0.15) is 0 Å². The van der Waals surface area contributed by atoms with Crippen molar-refractivity contribution in [3.63, 3.8) is 0 Å². The molecule has 4 heteroatoms. The van der Waals surface area contributed by atoms with Crippen molar-refractivity contribution < 1.29 is 9.53 Å². The highest BCUT2D eigenvalue weighted by Gasteiger charge is 2.54. The van der Waals surface area contributed by atoms with Crippen LogP contribution in [0, 0.1) is 0 Å². The molecule has 1 N–H and O–H groups in total. The molecule has 0 aliphatic carbocycles. The number of nitrogens with one attached hydrogen (secondary N) is 1. The largest absolute Gasteiger partial charge is 0.460 e. The zero-order chi connectivity index (χ0) is 16.3. The minimum Gasteiger partial charge on any atom is -0.460 e. The summed E-state index contributed by atoms with van der Waals surface area (Å²) < 4.78 is 5.38. The zero-order valence-electron chi connectivity index (χ0n) is 14.2. The lowest BCUT2D eigenvalue weighted by Gasteiger charge is -2.57. The van der Waals surface area contributed by atoms with E-state index in [1.165, 1.54) is 0 Å².